The minimum Gasteiger partial charge on any atom is -0.357 e. The summed E-state index contributed by atoms with van der Waals surface area (Å²) in [5, 5.41) is 6.90. The standard InChI is InChI=1S/C19H41N5.HI/c1-5-9-10-18(6-2)17-22-19(20-7-3)21-11-12-24-15-13-23(8-4)14-16-24;/h18H,5-17H2,1-4H3,(H2,20,21,22);1H. The molecule has 5 nitrogen and oxygen atoms in total. The van der Waals surface area contributed by atoms with Gasteiger partial charge in [0, 0.05) is 52.4 Å². The summed E-state index contributed by atoms with van der Waals surface area (Å²) in [5.74, 6) is 1.71. The van der Waals surface area contributed by atoms with Crippen LogP contribution in [0.5, 0.6) is 0 Å². The Bertz CT molecular complexity index is 330. The molecule has 1 unspecified atom stereocenters. The molecule has 1 heterocycles. The van der Waals surface area contributed by atoms with Gasteiger partial charge in [-0.25, -0.2) is 0 Å². The third-order valence-electron chi connectivity index (χ3n) is 5.03. The van der Waals surface area contributed by atoms with Gasteiger partial charge in [0.15, 0.2) is 5.96 Å². The minimum absolute atomic E-state index is 0. The number of halogens is 1. The molecule has 1 aliphatic rings. The fourth-order valence-corrected chi connectivity index (χ4v) is 3.14. The maximum atomic E-state index is 4.81. The Labute approximate surface area is 173 Å². The number of piperazine rings is 1. The van der Waals surface area contributed by atoms with Crippen LogP contribution in [0.1, 0.15) is 53.4 Å². The van der Waals surface area contributed by atoms with E-state index in [0.29, 0.717) is 0 Å². The van der Waals surface area contributed by atoms with Gasteiger partial charge < -0.3 is 15.5 Å². The van der Waals surface area contributed by atoms with Crippen molar-refractivity contribution < 1.29 is 0 Å². The average molecular weight is 467 g/mol. The highest BCUT2D eigenvalue weighted by molar-refractivity contribution is 14.0. The predicted molar refractivity (Wildman–Crippen MR) is 121 cm³/mol. The van der Waals surface area contributed by atoms with Crippen LogP contribution in [0, 0.1) is 5.92 Å². The predicted octanol–water partition coefficient (Wildman–Crippen LogP) is 3.01. The van der Waals surface area contributed by atoms with E-state index in [1.807, 2.05) is 0 Å². The molecular weight excluding hydrogens is 425 g/mol. The molecule has 1 atom stereocenters. The third kappa shape index (κ3) is 11.3. The third-order valence-corrected chi connectivity index (χ3v) is 5.03. The topological polar surface area (TPSA) is 42.9 Å². The first kappa shape index (κ1) is 24.9. The number of guanidine groups is 1. The summed E-state index contributed by atoms with van der Waals surface area (Å²) >= 11 is 0. The Morgan fingerprint density at radius 3 is 2.24 bits per heavy atom. The fraction of sp³-hybridized carbons (Fsp3) is 0.947. The van der Waals surface area contributed by atoms with Crippen molar-refractivity contribution >= 4 is 29.9 Å². The van der Waals surface area contributed by atoms with Gasteiger partial charge in [-0.2, -0.15) is 0 Å². The average Bonchev–Trinajstić information content (AvgIpc) is 2.62. The van der Waals surface area contributed by atoms with Gasteiger partial charge in [-0.3, -0.25) is 9.89 Å². The molecule has 0 saturated carbocycles. The van der Waals surface area contributed by atoms with E-state index < -0.39 is 0 Å². The summed E-state index contributed by atoms with van der Waals surface area (Å²) in [6, 6.07) is 0. The number of hydrogen-bond donors (Lipinski definition) is 2. The fourth-order valence-electron chi connectivity index (χ4n) is 3.14. The van der Waals surface area contributed by atoms with E-state index in [4.69, 9.17) is 4.99 Å². The molecule has 1 saturated heterocycles. The highest BCUT2D eigenvalue weighted by Gasteiger charge is 2.14. The largest absolute Gasteiger partial charge is 0.357 e. The molecule has 0 aromatic heterocycles. The Morgan fingerprint density at radius 2 is 1.68 bits per heavy atom. The summed E-state index contributed by atoms with van der Waals surface area (Å²) in [5.41, 5.74) is 0. The van der Waals surface area contributed by atoms with Crippen LogP contribution in [0.3, 0.4) is 0 Å². The molecule has 0 aliphatic carbocycles. The number of nitrogens with one attached hydrogen (secondary N) is 2. The number of aliphatic imine (C=N–C) groups is 1. The highest BCUT2D eigenvalue weighted by atomic mass is 127. The molecule has 1 aliphatic heterocycles. The SMILES string of the molecule is CCCCC(CC)CN=C(NCC)NCCN1CCN(CC)CC1.I. The first-order valence-electron chi connectivity index (χ1n) is 10.2. The minimum atomic E-state index is 0. The molecule has 0 aromatic carbocycles. The van der Waals surface area contributed by atoms with Gasteiger partial charge >= 0.3 is 0 Å². The van der Waals surface area contributed by atoms with Crippen molar-refractivity contribution in [2.24, 2.45) is 10.9 Å². The number of hydrogen-bond acceptors (Lipinski definition) is 3. The van der Waals surface area contributed by atoms with E-state index in [2.05, 4.69) is 48.1 Å². The summed E-state index contributed by atoms with van der Waals surface area (Å²) in [6.45, 7) is 18.9. The monoisotopic (exact) mass is 467 g/mol. The van der Waals surface area contributed by atoms with Crippen LogP contribution < -0.4 is 10.6 Å². The molecule has 150 valence electrons. The second-order valence-electron chi connectivity index (χ2n) is 6.84. The summed E-state index contributed by atoms with van der Waals surface area (Å²) in [6.07, 6.45) is 5.13. The Morgan fingerprint density at radius 1 is 1.00 bits per heavy atom. The molecule has 0 bridgehead atoms. The van der Waals surface area contributed by atoms with Crippen molar-refractivity contribution in [1.82, 2.24) is 20.4 Å². The zero-order chi connectivity index (χ0) is 17.6. The lowest BCUT2D eigenvalue weighted by Gasteiger charge is -2.34. The van der Waals surface area contributed by atoms with Crippen molar-refractivity contribution in [3.05, 3.63) is 0 Å². The maximum absolute atomic E-state index is 4.81. The maximum Gasteiger partial charge on any atom is 0.191 e. The number of likely N-dealkylation sites (N-methyl/N-ethyl adjacent to an activating group) is 1. The summed E-state index contributed by atoms with van der Waals surface area (Å²) in [7, 11) is 0. The van der Waals surface area contributed by atoms with Gasteiger partial charge in [0.1, 0.15) is 0 Å². The Balaban J connectivity index is 0.00000576. The lowest BCUT2D eigenvalue weighted by atomic mass is 10.00. The van der Waals surface area contributed by atoms with Gasteiger partial charge in [0.25, 0.3) is 0 Å². The van der Waals surface area contributed by atoms with E-state index in [1.54, 1.807) is 0 Å². The zero-order valence-electron chi connectivity index (χ0n) is 17.0. The van der Waals surface area contributed by atoms with Crippen molar-refractivity contribution in [1.29, 1.82) is 0 Å². The summed E-state index contributed by atoms with van der Waals surface area (Å²) < 4.78 is 0. The van der Waals surface area contributed by atoms with E-state index in [0.717, 1.165) is 38.1 Å². The van der Waals surface area contributed by atoms with Gasteiger partial charge in [-0.1, -0.05) is 40.0 Å². The summed E-state index contributed by atoms with van der Waals surface area (Å²) in [4.78, 5) is 9.89. The number of rotatable bonds is 11. The second kappa shape index (κ2) is 16.1. The highest BCUT2D eigenvalue weighted by Crippen LogP contribution is 2.12. The van der Waals surface area contributed by atoms with Crippen molar-refractivity contribution in [3.63, 3.8) is 0 Å². The molecule has 0 aromatic rings. The second-order valence-corrected chi connectivity index (χ2v) is 6.84. The van der Waals surface area contributed by atoms with E-state index >= 15 is 0 Å². The number of unbranched alkanes of at least 4 members (excludes halogenated alkanes) is 1. The van der Waals surface area contributed by atoms with Crippen LogP contribution in [-0.2, 0) is 0 Å². The molecule has 1 rings (SSSR count). The zero-order valence-corrected chi connectivity index (χ0v) is 19.3. The van der Waals surface area contributed by atoms with Crippen LogP contribution in [-0.4, -0.2) is 74.7 Å². The first-order chi connectivity index (χ1) is 11.7. The molecule has 1 fully saturated rings. The molecule has 0 amide bonds. The smallest absolute Gasteiger partial charge is 0.191 e. The molecule has 2 N–H and O–H groups in total. The van der Waals surface area contributed by atoms with Crippen molar-refractivity contribution in [3.8, 4) is 0 Å². The van der Waals surface area contributed by atoms with Gasteiger partial charge in [-0.05, 0) is 25.8 Å². The lowest BCUT2D eigenvalue weighted by molar-refractivity contribution is 0.139. The normalized spacial score (nSPS) is 17.8. The van der Waals surface area contributed by atoms with Crippen molar-refractivity contribution in [2.45, 2.75) is 53.4 Å². The van der Waals surface area contributed by atoms with E-state index in [-0.39, 0.29) is 24.0 Å². The van der Waals surface area contributed by atoms with E-state index in [1.165, 1.54) is 58.4 Å². The van der Waals surface area contributed by atoms with Gasteiger partial charge in [0.2, 0.25) is 0 Å². The first-order valence-corrected chi connectivity index (χ1v) is 10.2. The van der Waals surface area contributed by atoms with Crippen LogP contribution in [0.25, 0.3) is 0 Å². The number of nitrogens with zero attached hydrogens (tertiary/aromatic N) is 3. The van der Waals surface area contributed by atoms with Crippen LogP contribution in [0.4, 0.5) is 0 Å². The molecule has 25 heavy (non-hydrogen) atoms. The van der Waals surface area contributed by atoms with E-state index in [9.17, 15) is 0 Å². The van der Waals surface area contributed by atoms with Gasteiger partial charge in [-0.15, -0.1) is 24.0 Å². The van der Waals surface area contributed by atoms with Crippen LogP contribution >= 0.6 is 24.0 Å². The molecule has 0 spiro atoms. The Hall–Kier alpha value is -0.0800. The molecule has 0 radical (unpaired) electrons. The molecule has 6 heteroatoms. The molecular formula is C19H42IN5. The van der Waals surface area contributed by atoms with Crippen LogP contribution in [0.15, 0.2) is 4.99 Å². The van der Waals surface area contributed by atoms with Gasteiger partial charge in [0.05, 0.1) is 0 Å². The van der Waals surface area contributed by atoms with Crippen LogP contribution in [0.2, 0.25) is 0 Å². The lowest BCUT2D eigenvalue weighted by Crippen LogP contribution is -2.49. The quantitative estimate of drug-likeness (QED) is 0.279. The Kier molecular flexibility index (Phi) is 16.1. The van der Waals surface area contributed by atoms with Crippen molar-refractivity contribution in [2.75, 3.05) is 58.9 Å².